The largest absolute Gasteiger partial charge is 0.352 e. The van der Waals surface area contributed by atoms with Crippen LogP contribution in [0.25, 0.3) is 0 Å². The highest BCUT2D eigenvalue weighted by Gasteiger charge is 2.33. The van der Waals surface area contributed by atoms with Crippen molar-refractivity contribution in [3.8, 4) is 0 Å². The lowest BCUT2D eigenvalue weighted by atomic mass is 9.99. The van der Waals surface area contributed by atoms with E-state index >= 15 is 0 Å². The lowest BCUT2D eigenvalue weighted by Crippen LogP contribution is -2.55. The Morgan fingerprint density at radius 3 is 2.33 bits per heavy atom. The maximum absolute atomic E-state index is 11.8. The van der Waals surface area contributed by atoms with Gasteiger partial charge in [0.15, 0.2) is 0 Å². The average molecular weight is 311 g/mol. The highest BCUT2D eigenvalue weighted by atomic mass is 32.2. The van der Waals surface area contributed by atoms with Crippen molar-refractivity contribution in [1.82, 2.24) is 10.2 Å². The predicted molar refractivity (Wildman–Crippen MR) is 75.4 cm³/mol. The molecule has 7 nitrogen and oxygen atoms in total. The van der Waals surface area contributed by atoms with Gasteiger partial charge in [0.25, 0.3) is 0 Å². The van der Waals surface area contributed by atoms with Crippen LogP contribution in [0.3, 0.4) is 0 Å². The van der Waals surface area contributed by atoms with Crippen molar-refractivity contribution in [2.75, 3.05) is 13.1 Å². The van der Waals surface area contributed by atoms with E-state index in [0.29, 0.717) is 19.6 Å². The number of nitrogens with one attached hydrogen (secondary N) is 1. The number of primary sulfonamides is 1. The number of nitrogens with zero attached hydrogens (tertiary/aromatic N) is 1. The first-order valence-electron chi connectivity index (χ1n) is 6.42. The summed E-state index contributed by atoms with van der Waals surface area (Å²) in [6, 6.07) is 6.00. The summed E-state index contributed by atoms with van der Waals surface area (Å²) in [6.07, 6.45) is 0. The average Bonchev–Trinajstić information content (AvgIpc) is 2.33. The van der Waals surface area contributed by atoms with Gasteiger partial charge < -0.3 is 10.2 Å². The standard InChI is InChI=1S/C13H17N3O4S/c1-9(17)16-7-11(8-16)13(18)15-6-10-2-4-12(5-3-10)21(14,19)20/h2-5,11H,6-8H2,1H3,(H,15,18)(H2,14,19,20). The summed E-state index contributed by atoms with van der Waals surface area (Å²) in [5.41, 5.74) is 0.776. The van der Waals surface area contributed by atoms with Crippen LogP contribution in [-0.4, -0.2) is 38.2 Å². The van der Waals surface area contributed by atoms with Gasteiger partial charge in [-0.1, -0.05) is 12.1 Å². The van der Waals surface area contributed by atoms with Crippen molar-refractivity contribution in [2.24, 2.45) is 11.1 Å². The first-order chi connectivity index (χ1) is 9.77. The van der Waals surface area contributed by atoms with E-state index in [1.165, 1.54) is 19.1 Å². The molecule has 2 amide bonds. The second-order valence-corrected chi connectivity index (χ2v) is 6.59. The molecule has 0 saturated carbocycles. The first-order valence-corrected chi connectivity index (χ1v) is 7.97. The minimum atomic E-state index is -3.70. The lowest BCUT2D eigenvalue weighted by Gasteiger charge is -2.37. The number of sulfonamides is 1. The second-order valence-electron chi connectivity index (χ2n) is 5.03. The fourth-order valence-electron chi connectivity index (χ4n) is 2.03. The molecule has 1 fully saturated rings. The minimum Gasteiger partial charge on any atom is -0.352 e. The Balaban J connectivity index is 1.84. The molecule has 0 aliphatic carbocycles. The number of hydrogen-bond acceptors (Lipinski definition) is 4. The second kappa shape index (κ2) is 5.82. The Kier molecular flexibility index (Phi) is 4.29. The van der Waals surface area contributed by atoms with Crippen LogP contribution in [0.4, 0.5) is 0 Å². The van der Waals surface area contributed by atoms with Gasteiger partial charge in [-0.2, -0.15) is 0 Å². The molecule has 0 atom stereocenters. The van der Waals surface area contributed by atoms with E-state index in [9.17, 15) is 18.0 Å². The first kappa shape index (κ1) is 15.5. The zero-order chi connectivity index (χ0) is 15.6. The molecule has 0 aromatic heterocycles. The van der Waals surface area contributed by atoms with E-state index < -0.39 is 10.0 Å². The van der Waals surface area contributed by atoms with E-state index in [1.807, 2.05) is 0 Å². The van der Waals surface area contributed by atoms with Crippen molar-refractivity contribution in [2.45, 2.75) is 18.4 Å². The molecule has 1 aromatic carbocycles. The molecule has 114 valence electrons. The summed E-state index contributed by atoms with van der Waals surface area (Å²) >= 11 is 0. The molecule has 21 heavy (non-hydrogen) atoms. The number of likely N-dealkylation sites (tertiary alicyclic amines) is 1. The molecule has 1 saturated heterocycles. The maximum atomic E-state index is 11.8. The van der Waals surface area contributed by atoms with Crippen LogP contribution in [0, 0.1) is 5.92 Å². The SMILES string of the molecule is CC(=O)N1CC(C(=O)NCc2ccc(S(N)(=O)=O)cc2)C1. The third-order valence-corrected chi connectivity index (χ3v) is 4.35. The van der Waals surface area contributed by atoms with Gasteiger partial charge >= 0.3 is 0 Å². The number of carbonyl (C=O) groups excluding carboxylic acids is 2. The van der Waals surface area contributed by atoms with Gasteiger partial charge in [-0.05, 0) is 17.7 Å². The summed E-state index contributed by atoms with van der Waals surface area (Å²) in [5.74, 6) is -0.307. The lowest BCUT2D eigenvalue weighted by molar-refractivity contribution is -0.141. The van der Waals surface area contributed by atoms with Crippen LogP contribution in [0.2, 0.25) is 0 Å². The van der Waals surface area contributed by atoms with E-state index in [2.05, 4.69) is 5.32 Å². The Morgan fingerprint density at radius 1 is 1.29 bits per heavy atom. The van der Waals surface area contributed by atoms with Gasteiger partial charge in [0.2, 0.25) is 21.8 Å². The molecule has 0 radical (unpaired) electrons. The molecule has 0 spiro atoms. The Hall–Kier alpha value is -1.93. The molecule has 2 rings (SSSR count). The molecule has 1 aliphatic rings. The molecule has 0 unspecified atom stereocenters. The van der Waals surface area contributed by atoms with Crippen LogP contribution < -0.4 is 10.5 Å². The normalized spacial score (nSPS) is 15.4. The Labute approximate surface area is 123 Å². The van der Waals surface area contributed by atoms with Crippen LogP contribution in [0.1, 0.15) is 12.5 Å². The van der Waals surface area contributed by atoms with Crippen molar-refractivity contribution >= 4 is 21.8 Å². The van der Waals surface area contributed by atoms with Crippen LogP contribution in [-0.2, 0) is 26.2 Å². The van der Waals surface area contributed by atoms with Crippen molar-refractivity contribution in [1.29, 1.82) is 0 Å². The number of nitrogens with two attached hydrogens (primary N) is 1. The minimum absolute atomic E-state index is 0.0300. The topological polar surface area (TPSA) is 110 Å². The Morgan fingerprint density at radius 2 is 1.86 bits per heavy atom. The number of hydrogen-bond donors (Lipinski definition) is 2. The highest BCUT2D eigenvalue weighted by molar-refractivity contribution is 7.89. The summed E-state index contributed by atoms with van der Waals surface area (Å²) in [7, 11) is -3.70. The van der Waals surface area contributed by atoms with Crippen LogP contribution >= 0.6 is 0 Å². The summed E-state index contributed by atoms with van der Waals surface area (Å²) in [5, 5.41) is 7.76. The Bertz CT molecular complexity index is 648. The zero-order valence-corrected chi connectivity index (χ0v) is 12.4. The quantitative estimate of drug-likeness (QED) is 0.776. The number of rotatable bonds is 4. The number of carbonyl (C=O) groups is 2. The van der Waals surface area contributed by atoms with Gasteiger partial charge in [0.1, 0.15) is 0 Å². The summed E-state index contributed by atoms with van der Waals surface area (Å²) in [4.78, 5) is 24.5. The fraction of sp³-hybridized carbons (Fsp3) is 0.385. The van der Waals surface area contributed by atoms with Gasteiger partial charge in [0.05, 0.1) is 10.8 Å². The van der Waals surface area contributed by atoms with Crippen LogP contribution in [0.5, 0.6) is 0 Å². The summed E-state index contributed by atoms with van der Waals surface area (Å²) < 4.78 is 22.2. The third kappa shape index (κ3) is 3.79. The van der Waals surface area contributed by atoms with Gasteiger partial charge in [-0.3, -0.25) is 9.59 Å². The molecule has 1 aliphatic heterocycles. The maximum Gasteiger partial charge on any atom is 0.238 e. The molecular weight excluding hydrogens is 294 g/mol. The van der Waals surface area contributed by atoms with Gasteiger partial charge in [-0.25, -0.2) is 13.6 Å². The van der Waals surface area contributed by atoms with Crippen molar-refractivity contribution in [3.63, 3.8) is 0 Å². The molecule has 1 heterocycles. The van der Waals surface area contributed by atoms with E-state index in [4.69, 9.17) is 5.14 Å². The highest BCUT2D eigenvalue weighted by Crippen LogP contribution is 2.15. The molecular formula is C13H17N3O4S. The fourth-order valence-corrected chi connectivity index (χ4v) is 2.55. The van der Waals surface area contributed by atoms with Gasteiger partial charge in [0, 0.05) is 26.6 Å². The summed E-state index contributed by atoms with van der Waals surface area (Å²) in [6.45, 7) is 2.68. The van der Waals surface area contributed by atoms with E-state index in [1.54, 1.807) is 17.0 Å². The molecule has 0 bridgehead atoms. The van der Waals surface area contributed by atoms with E-state index in [0.717, 1.165) is 5.56 Å². The van der Waals surface area contributed by atoms with E-state index in [-0.39, 0.29) is 22.6 Å². The molecule has 8 heteroatoms. The number of amides is 2. The molecule has 3 N–H and O–H groups in total. The number of benzene rings is 1. The van der Waals surface area contributed by atoms with Crippen molar-refractivity contribution < 1.29 is 18.0 Å². The third-order valence-electron chi connectivity index (χ3n) is 3.42. The van der Waals surface area contributed by atoms with Crippen molar-refractivity contribution in [3.05, 3.63) is 29.8 Å². The molecule has 1 aromatic rings. The van der Waals surface area contributed by atoms with Gasteiger partial charge in [-0.15, -0.1) is 0 Å². The smallest absolute Gasteiger partial charge is 0.238 e. The monoisotopic (exact) mass is 311 g/mol. The predicted octanol–water partition coefficient (Wildman–Crippen LogP) is -0.571. The zero-order valence-electron chi connectivity index (χ0n) is 11.6. The van der Waals surface area contributed by atoms with Crippen LogP contribution in [0.15, 0.2) is 29.2 Å².